The first-order chi connectivity index (χ1) is 7.48. The van der Waals surface area contributed by atoms with Crippen LogP contribution in [-0.4, -0.2) is 17.0 Å². The van der Waals surface area contributed by atoms with Crippen molar-refractivity contribution in [3.05, 3.63) is 24.2 Å². The molecule has 0 saturated carbocycles. The van der Waals surface area contributed by atoms with Crippen LogP contribution in [-0.2, 0) is 11.3 Å². The summed E-state index contributed by atoms with van der Waals surface area (Å²) in [5.74, 6) is -0.443. The van der Waals surface area contributed by atoms with Crippen molar-refractivity contribution < 1.29 is 14.4 Å². The summed E-state index contributed by atoms with van der Waals surface area (Å²) in [5, 5.41) is 14.1. The molecule has 0 unspecified atom stereocenters. The van der Waals surface area contributed by atoms with Gasteiger partial charge in [-0.2, -0.15) is 0 Å². The summed E-state index contributed by atoms with van der Waals surface area (Å²) in [5.41, 5.74) is 5.23. The lowest BCUT2D eigenvalue weighted by Gasteiger charge is -2.21. The van der Waals surface area contributed by atoms with Crippen LogP contribution in [0.3, 0.4) is 0 Å². The molecule has 0 radical (unpaired) electrons. The summed E-state index contributed by atoms with van der Waals surface area (Å²) in [7, 11) is 0. The van der Waals surface area contributed by atoms with E-state index >= 15 is 0 Å². The Morgan fingerprint density at radius 2 is 2.38 bits per heavy atom. The highest BCUT2D eigenvalue weighted by Gasteiger charge is 2.32. The van der Waals surface area contributed by atoms with E-state index in [9.17, 15) is 4.79 Å². The van der Waals surface area contributed by atoms with Crippen molar-refractivity contribution in [2.45, 2.75) is 20.4 Å². The molecular formula is C10H15N3O3. The predicted molar refractivity (Wildman–Crippen MR) is 57.7 cm³/mol. The third-order valence-corrected chi connectivity index (χ3v) is 2.35. The fourth-order valence-electron chi connectivity index (χ4n) is 1.04. The van der Waals surface area contributed by atoms with Gasteiger partial charge >= 0.3 is 0 Å². The number of oxime groups is 1. The minimum Gasteiger partial charge on any atom is -0.472 e. The lowest BCUT2D eigenvalue weighted by molar-refractivity contribution is -0.126. The molecule has 0 bridgehead atoms. The van der Waals surface area contributed by atoms with Gasteiger partial charge in [-0.1, -0.05) is 5.16 Å². The highest BCUT2D eigenvalue weighted by molar-refractivity contribution is 6.05. The van der Waals surface area contributed by atoms with Gasteiger partial charge in [0.2, 0.25) is 5.91 Å². The monoisotopic (exact) mass is 225 g/mol. The van der Waals surface area contributed by atoms with E-state index in [0.717, 1.165) is 5.56 Å². The maximum Gasteiger partial charge on any atom is 0.233 e. The molecule has 1 aromatic heterocycles. The SMILES string of the molecule is CC(C)(C(=O)NCc1ccoc1)/C(N)=N/O. The molecule has 4 N–H and O–H groups in total. The van der Waals surface area contributed by atoms with E-state index < -0.39 is 5.41 Å². The van der Waals surface area contributed by atoms with E-state index in [1.54, 1.807) is 19.9 Å². The van der Waals surface area contributed by atoms with Crippen molar-refractivity contribution in [2.24, 2.45) is 16.3 Å². The van der Waals surface area contributed by atoms with E-state index in [0.29, 0.717) is 6.54 Å². The second kappa shape index (κ2) is 4.69. The number of carbonyl (C=O) groups is 1. The molecule has 0 aromatic carbocycles. The van der Waals surface area contributed by atoms with Crippen LogP contribution in [0.5, 0.6) is 0 Å². The number of nitrogens with one attached hydrogen (secondary N) is 1. The van der Waals surface area contributed by atoms with Gasteiger partial charge < -0.3 is 20.7 Å². The van der Waals surface area contributed by atoms with Gasteiger partial charge in [0.15, 0.2) is 5.84 Å². The summed E-state index contributed by atoms with van der Waals surface area (Å²) >= 11 is 0. The number of nitrogens with zero attached hydrogens (tertiary/aromatic N) is 1. The van der Waals surface area contributed by atoms with E-state index in [1.165, 1.54) is 12.5 Å². The molecule has 1 rings (SSSR count). The lowest BCUT2D eigenvalue weighted by Crippen LogP contribution is -2.45. The highest BCUT2D eigenvalue weighted by Crippen LogP contribution is 2.15. The van der Waals surface area contributed by atoms with Gasteiger partial charge in [-0.3, -0.25) is 4.79 Å². The number of rotatable bonds is 4. The maximum absolute atomic E-state index is 11.7. The molecule has 0 fully saturated rings. The van der Waals surface area contributed by atoms with Crippen LogP contribution in [0, 0.1) is 5.41 Å². The third-order valence-electron chi connectivity index (χ3n) is 2.35. The Balaban J connectivity index is 2.59. The second-order valence-corrected chi connectivity index (χ2v) is 3.92. The minimum absolute atomic E-state index is 0.128. The van der Waals surface area contributed by atoms with Crippen LogP contribution < -0.4 is 11.1 Å². The highest BCUT2D eigenvalue weighted by atomic mass is 16.4. The average molecular weight is 225 g/mol. The number of hydrogen-bond acceptors (Lipinski definition) is 4. The zero-order valence-corrected chi connectivity index (χ0v) is 9.23. The number of nitrogens with two attached hydrogens (primary N) is 1. The standard InChI is InChI=1S/C10H15N3O3/c1-10(2,8(11)13-15)9(14)12-5-7-3-4-16-6-7/h3-4,6,15H,5H2,1-2H3,(H2,11,13)(H,12,14). The smallest absolute Gasteiger partial charge is 0.233 e. The molecule has 1 aromatic rings. The summed E-state index contributed by atoms with van der Waals surface area (Å²) in [4.78, 5) is 11.7. The lowest BCUT2D eigenvalue weighted by atomic mass is 9.91. The fraction of sp³-hybridized carbons (Fsp3) is 0.400. The van der Waals surface area contributed by atoms with E-state index in [4.69, 9.17) is 15.4 Å². The van der Waals surface area contributed by atoms with Crippen LogP contribution in [0.2, 0.25) is 0 Å². The largest absolute Gasteiger partial charge is 0.472 e. The topological polar surface area (TPSA) is 101 Å². The van der Waals surface area contributed by atoms with Gasteiger partial charge in [-0.15, -0.1) is 0 Å². The Labute approximate surface area is 93.1 Å². The molecular weight excluding hydrogens is 210 g/mol. The normalized spacial score (nSPS) is 12.5. The van der Waals surface area contributed by atoms with Gasteiger partial charge in [-0.05, 0) is 19.9 Å². The van der Waals surface area contributed by atoms with Crippen LogP contribution in [0.25, 0.3) is 0 Å². The molecule has 0 aliphatic carbocycles. The number of hydrogen-bond donors (Lipinski definition) is 3. The molecule has 16 heavy (non-hydrogen) atoms. The predicted octanol–water partition coefficient (Wildman–Crippen LogP) is 0.668. The quantitative estimate of drug-likeness (QED) is 0.303. The molecule has 0 aliphatic heterocycles. The van der Waals surface area contributed by atoms with Crippen molar-refractivity contribution in [1.82, 2.24) is 5.32 Å². The van der Waals surface area contributed by atoms with Crippen LogP contribution in [0.15, 0.2) is 28.2 Å². The van der Waals surface area contributed by atoms with E-state index in [1.807, 2.05) is 0 Å². The van der Waals surface area contributed by atoms with Gasteiger partial charge in [0.1, 0.15) is 5.41 Å². The molecule has 6 heteroatoms. The van der Waals surface area contributed by atoms with Gasteiger partial charge in [0, 0.05) is 12.1 Å². The minimum atomic E-state index is -1.04. The average Bonchev–Trinajstić information content (AvgIpc) is 2.77. The zero-order valence-electron chi connectivity index (χ0n) is 9.23. The zero-order chi connectivity index (χ0) is 12.2. The molecule has 88 valence electrons. The van der Waals surface area contributed by atoms with Gasteiger partial charge in [0.25, 0.3) is 0 Å². The van der Waals surface area contributed by atoms with E-state index in [2.05, 4.69) is 10.5 Å². The van der Waals surface area contributed by atoms with Crippen molar-refractivity contribution in [3.63, 3.8) is 0 Å². The van der Waals surface area contributed by atoms with Crippen molar-refractivity contribution in [2.75, 3.05) is 0 Å². The first-order valence-corrected chi connectivity index (χ1v) is 4.76. The van der Waals surface area contributed by atoms with Gasteiger partial charge in [-0.25, -0.2) is 0 Å². The first-order valence-electron chi connectivity index (χ1n) is 4.76. The van der Waals surface area contributed by atoms with Crippen LogP contribution in [0.4, 0.5) is 0 Å². The maximum atomic E-state index is 11.7. The summed E-state index contributed by atoms with van der Waals surface area (Å²) < 4.78 is 4.86. The number of amides is 1. The van der Waals surface area contributed by atoms with Crippen molar-refractivity contribution >= 4 is 11.7 Å². The molecule has 1 amide bonds. The molecule has 0 spiro atoms. The molecule has 1 heterocycles. The molecule has 6 nitrogen and oxygen atoms in total. The summed E-state index contributed by atoms with van der Waals surface area (Å²) in [6.45, 7) is 3.50. The summed E-state index contributed by atoms with van der Waals surface area (Å²) in [6.07, 6.45) is 3.06. The Hall–Kier alpha value is -1.98. The van der Waals surface area contributed by atoms with E-state index in [-0.39, 0.29) is 11.7 Å². The number of furan rings is 1. The van der Waals surface area contributed by atoms with Crippen LogP contribution >= 0.6 is 0 Å². The fourth-order valence-corrected chi connectivity index (χ4v) is 1.04. The molecule has 0 saturated heterocycles. The van der Waals surface area contributed by atoms with Crippen molar-refractivity contribution in [3.8, 4) is 0 Å². The number of carbonyl (C=O) groups excluding carboxylic acids is 1. The third kappa shape index (κ3) is 2.53. The van der Waals surface area contributed by atoms with Gasteiger partial charge in [0.05, 0.1) is 12.5 Å². The van der Waals surface area contributed by atoms with Crippen LogP contribution in [0.1, 0.15) is 19.4 Å². The second-order valence-electron chi connectivity index (χ2n) is 3.92. The number of amidine groups is 1. The summed E-state index contributed by atoms with van der Waals surface area (Å²) in [6, 6.07) is 1.75. The Morgan fingerprint density at radius 3 is 2.88 bits per heavy atom. The molecule has 0 aliphatic rings. The Kier molecular flexibility index (Phi) is 3.55. The molecule has 0 atom stereocenters. The Bertz CT molecular complexity index is 382. The first kappa shape index (κ1) is 12.1. The van der Waals surface area contributed by atoms with Crippen molar-refractivity contribution in [1.29, 1.82) is 0 Å². The Morgan fingerprint density at radius 1 is 1.69 bits per heavy atom.